The highest BCUT2D eigenvalue weighted by Gasteiger charge is 2.23. The first-order chi connectivity index (χ1) is 9.33. The van der Waals surface area contributed by atoms with Crippen molar-refractivity contribution in [1.29, 1.82) is 0 Å². The van der Waals surface area contributed by atoms with E-state index < -0.39 is 0 Å². The molecule has 5 nitrogen and oxygen atoms in total. The van der Waals surface area contributed by atoms with E-state index >= 15 is 0 Å². The molecule has 2 aliphatic rings. The normalized spacial score (nSPS) is 23.7. The topological polar surface area (TPSA) is 59.6 Å². The average molecular weight is 280 g/mol. The molecule has 0 aromatic heterocycles. The van der Waals surface area contributed by atoms with Crippen LogP contribution >= 0.6 is 11.8 Å². The van der Waals surface area contributed by atoms with Crippen molar-refractivity contribution < 1.29 is 14.3 Å². The standard InChI is InChI=1S/C13H16N2O3S/c16-12(11-7-19-8-14-11)15-10-3-1-2-9(6-10)13-17-4-5-18-13/h1-3,6,11,13-14H,4-5,7-8H2,(H,15,16). The smallest absolute Gasteiger partial charge is 0.242 e. The molecule has 0 bridgehead atoms. The number of amides is 1. The summed E-state index contributed by atoms with van der Waals surface area (Å²) in [6.07, 6.45) is -0.308. The summed E-state index contributed by atoms with van der Waals surface area (Å²) < 4.78 is 10.9. The first kappa shape index (κ1) is 12.9. The fraction of sp³-hybridized carbons (Fsp3) is 0.462. The summed E-state index contributed by atoms with van der Waals surface area (Å²) in [5.74, 6) is 1.66. The lowest BCUT2D eigenvalue weighted by atomic mass is 10.2. The molecule has 0 saturated carbocycles. The zero-order valence-electron chi connectivity index (χ0n) is 10.4. The second-order valence-electron chi connectivity index (χ2n) is 4.46. The zero-order valence-corrected chi connectivity index (χ0v) is 11.2. The van der Waals surface area contributed by atoms with E-state index in [1.165, 1.54) is 0 Å². The Morgan fingerprint density at radius 2 is 2.21 bits per heavy atom. The third-order valence-electron chi connectivity index (χ3n) is 3.08. The molecule has 1 unspecified atom stereocenters. The maximum atomic E-state index is 12.0. The molecule has 6 heteroatoms. The molecule has 19 heavy (non-hydrogen) atoms. The van der Waals surface area contributed by atoms with Crippen LogP contribution < -0.4 is 10.6 Å². The van der Waals surface area contributed by atoms with E-state index in [1.807, 2.05) is 24.3 Å². The number of carbonyl (C=O) groups is 1. The van der Waals surface area contributed by atoms with Gasteiger partial charge in [0, 0.05) is 22.9 Å². The molecule has 0 spiro atoms. The van der Waals surface area contributed by atoms with Gasteiger partial charge in [0.1, 0.15) is 0 Å². The summed E-state index contributed by atoms with van der Waals surface area (Å²) in [5, 5.41) is 6.07. The van der Waals surface area contributed by atoms with E-state index in [-0.39, 0.29) is 18.2 Å². The van der Waals surface area contributed by atoms with Gasteiger partial charge in [-0.25, -0.2) is 0 Å². The third kappa shape index (κ3) is 3.09. The lowest BCUT2D eigenvalue weighted by Gasteiger charge is -2.13. The Balaban J connectivity index is 1.66. The molecule has 1 amide bonds. The van der Waals surface area contributed by atoms with Crippen LogP contribution in [0.2, 0.25) is 0 Å². The second kappa shape index (κ2) is 5.92. The first-order valence-corrected chi connectivity index (χ1v) is 7.43. The number of ether oxygens (including phenoxy) is 2. The fourth-order valence-electron chi connectivity index (χ4n) is 2.11. The van der Waals surface area contributed by atoms with Crippen LogP contribution in [0.3, 0.4) is 0 Å². The maximum absolute atomic E-state index is 12.0. The summed E-state index contributed by atoms with van der Waals surface area (Å²) in [7, 11) is 0. The molecule has 0 radical (unpaired) electrons. The molecular weight excluding hydrogens is 264 g/mol. The summed E-state index contributed by atoms with van der Waals surface area (Å²) in [6, 6.07) is 7.50. The summed E-state index contributed by atoms with van der Waals surface area (Å²) >= 11 is 1.73. The molecule has 2 aliphatic heterocycles. The number of carbonyl (C=O) groups excluding carboxylic acids is 1. The molecule has 3 rings (SSSR count). The summed E-state index contributed by atoms with van der Waals surface area (Å²) in [6.45, 7) is 1.23. The highest BCUT2D eigenvalue weighted by Crippen LogP contribution is 2.25. The van der Waals surface area contributed by atoms with Crippen molar-refractivity contribution in [3.63, 3.8) is 0 Å². The Labute approximate surface area is 116 Å². The molecule has 2 heterocycles. The van der Waals surface area contributed by atoms with Gasteiger partial charge in [0.05, 0.1) is 19.3 Å². The second-order valence-corrected chi connectivity index (χ2v) is 5.49. The Morgan fingerprint density at radius 3 is 2.95 bits per heavy atom. The van der Waals surface area contributed by atoms with Crippen molar-refractivity contribution in [1.82, 2.24) is 5.32 Å². The number of benzene rings is 1. The molecule has 102 valence electrons. The summed E-state index contributed by atoms with van der Waals surface area (Å²) in [4.78, 5) is 12.0. The van der Waals surface area contributed by atoms with Crippen LogP contribution in [0.25, 0.3) is 0 Å². The van der Waals surface area contributed by atoms with Gasteiger partial charge in [0.2, 0.25) is 5.91 Å². The van der Waals surface area contributed by atoms with Crippen LogP contribution in [-0.2, 0) is 14.3 Å². The van der Waals surface area contributed by atoms with Crippen LogP contribution in [0.1, 0.15) is 11.9 Å². The van der Waals surface area contributed by atoms with Crippen molar-refractivity contribution in [2.75, 3.05) is 30.2 Å². The van der Waals surface area contributed by atoms with Gasteiger partial charge < -0.3 is 14.8 Å². The van der Waals surface area contributed by atoms with Gasteiger partial charge in [-0.05, 0) is 12.1 Å². The van der Waals surface area contributed by atoms with E-state index in [1.54, 1.807) is 11.8 Å². The largest absolute Gasteiger partial charge is 0.346 e. The van der Waals surface area contributed by atoms with Crippen molar-refractivity contribution in [3.8, 4) is 0 Å². The lowest BCUT2D eigenvalue weighted by Crippen LogP contribution is -2.37. The van der Waals surface area contributed by atoms with E-state index in [4.69, 9.17) is 9.47 Å². The number of hydrogen-bond acceptors (Lipinski definition) is 5. The van der Waals surface area contributed by atoms with Gasteiger partial charge in [0.25, 0.3) is 0 Å². The highest BCUT2D eigenvalue weighted by molar-refractivity contribution is 7.99. The monoisotopic (exact) mass is 280 g/mol. The molecule has 2 fully saturated rings. The average Bonchev–Trinajstić information content (AvgIpc) is 3.13. The number of thioether (sulfide) groups is 1. The number of hydrogen-bond donors (Lipinski definition) is 2. The number of anilines is 1. The lowest BCUT2D eigenvalue weighted by molar-refractivity contribution is -0.117. The first-order valence-electron chi connectivity index (χ1n) is 6.28. The van der Waals surface area contributed by atoms with E-state index in [0.29, 0.717) is 13.2 Å². The Kier molecular flexibility index (Phi) is 4.03. The molecule has 1 aromatic rings. The van der Waals surface area contributed by atoms with Crippen molar-refractivity contribution >= 4 is 23.4 Å². The minimum Gasteiger partial charge on any atom is -0.346 e. The molecule has 1 aromatic carbocycles. The van der Waals surface area contributed by atoms with Crippen LogP contribution in [-0.4, -0.2) is 36.8 Å². The van der Waals surface area contributed by atoms with E-state index in [9.17, 15) is 4.79 Å². The van der Waals surface area contributed by atoms with Gasteiger partial charge in [-0.2, -0.15) is 0 Å². The molecule has 2 N–H and O–H groups in total. The van der Waals surface area contributed by atoms with Crippen molar-refractivity contribution in [3.05, 3.63) is 29.8 Å². The van der Waals surface area contributed by atoms with Gasteiger partial charge >= 0.3 is 0 Å². The molecule has 0 aliphatic carbocycles. The highest BCUT2D eigenvalue weighted by atomic mass is 32.2. The van der Waals surface area contributed by atoms with E-state index in [0.717, 1.165) is 22.9 Å². The minimum atomic E-state index is -0.308. The van der Waals surface area contributed by atoms with Gasteiger partial charge in [0.15, 0.2) is 6.29 Å². The molecule has 1 atom stereocenters. The SMILES string of the molecule is O=C(Nc1cccc(C2OCCO2)c1)C1CSCN1. The number of rotatable bonds is 3. The zero-order chi connectivity index (χ0) is 13.1. The Morgan fingerprint density at radius 1 is 1.37 bits per heavy atom. The van der Waals surface area contributed by atoms with Crippen molar-refractivity contribution in [2.45, 2.75) is 12.3 Å². The maximum Gasteiger partial charge on any atom is 0.242 e. The molecule has 2 saturated heterocycles. The Hall–Kier alpha value is -1.08. The van der Waals surface area contributed by atoms with E-state index in [2.05, 4.69) is 10.6 Å². The fourth-order valence-corrected chi connectivity index (χ4v) is 3.05. The van der Waals surface area contributed by atoms with Crippen LogP contribution in [0.15, 0.2) is 24.3 Å². The van der Waals surface area contributed by atoms with Gasteiger partial charge in [-0.15, -0.1) is 11.8 Å². The van der Waals surface area contributed by atoms with Crippen molar-refractivity contribution in [2.24, 2.45) is 0 Å². The van der Waals surface area contributed by atoms with Crippen LogP contribution in [0, 0.1) is 0 Å². The Bertz CT molecular complexity index is 457. The quantitative estimate of drug-likeness (QED) is 0.875. The predicted molar refractivity (Wildman–Crippen MR) is 74.0 cm³/mol. The number of nitrogens with one attached hydrogen (secondary N) is 2. The van der Waals surface area contributed by atoms with Gasteiger partial charge in [-0.3, -0.25) is 10.1 Å². The van der Waals surface area contributed by atoms with Crippen LogP contribution in [0.5, 0.6) is 0 Å². The summed E-state index contributed by atoms with van der Waals surface area (Å²) in [5.41, 5.74) is 1.71. The molecular formula is C13H16N2O3S. The van der Waals surface area contributed by atoms with Crippen LogP contribution in [0.4, 0.5) is 5.69 Å². The van der Waals surface area contributed by atoms with Gasteiger partial charge in [-0.1, -0.05) is 12.1 Å². The predicted octanol–water partition coefficient (Wildman–Crippen LogP) is 1.33. The minimum absolute atomic E-state index is 0.00964. The third-order valence-corrected chi connectivity index (χ3v) is 4.02.